The third-order valence-electron chi connectivity index (χ3n) is 4.15. The number of alkyl halides is 7. The van der Waals surface area contributed by atoms with Gasteiger partial charge in [0.25, 0.3) is 0 Å². The van der Waals surface area contributed by atoms with E-state index in [0.29, 0.717) is 4.90 Å². The van der Waals surface area contributed by atoms with Gasteiger partial charge in [0.15, 0.2) is 10.1 Å². The molecule has 1 aliphatic heterocycles. The fourth-order valence-electron chi connectivity index (χ4n) is 2.49. The summed E-state index contributed by atoms with van der Waals surface area (Å²) in [6.45, 7) is 0.974. The van der Waals surface area contributed by atoms with Crippen molar-refractivity contribution >= 4 is 22.0 Å². The van der Waals surface area contributed by atoms with E-state index < -0.39 is 64.6 Å². The minimum atomic E-state index is -6.80. The van der Waals surface area contributed by atoms with Crippen LogP contribution in [0.25, 0.3) is 0 Å². The van der Waals surface area contributed by atoms with Gasteiger partial charge >= 0.3 is 35.0 Å². The van der Waals surface area contributed by atoms with Crippen LogP contribution in [0, 0.1) is 0 Å². The predicted octanol–water partition coefficient (Wildman–Crippen LogP) is 0.976. The Balaban J connectivity index is 3.12. The molecule has 9 nitrogen and oxygen atoms in total. The molecule has 1 fully saturated rings. The predicted molar refractivity (Wildman–Crippen MR) is 89.3 cm³/mol. The highest BCUT2D eigenvalue weighted by molar-refractivity contribution is 7.86. The van der Waals surface area contributed by atoms with Crippen molar-refractivity contribution in [2.24, 2.45) is 0 Å². The second-order valence-corrected chi connectivity index (χ2v) is 7.83. The lowest BCUT2D eigenvalue weighted by molar-refractivity contribution is -0.350. The van der Waals surface area contributed by atoms with Gasteiger partial charge in [-0.25, -0.2) is 13.2 Å². The van der Waals surface area contributed by atoms with Gasteiger partial charge in [0, 0.05) is 38.7 Å². The second-order valence-electron chi connectivity index (χ2n) is 6.41. The number of carbonyl (C=O) groups is 2. The zero-order valence-corrected chi connectivity index (χ0v) is 16.9. The van der Waals surface area contributed by atoms with Crippen LogP contribution in [0.3, 0.4) is 0 Å². The summed E-state index contributed by atoms with van der Waals surface area (Å²) in [5, 5.41) is -3.31. The lowest BCUT2D eigenvalue weighted by Gasteiger charge is -2.38. The molecule has 0 saturated carbocycles. The van der Waals surface area contributed by atoms with Crippen LogP contribution in [-0.4, -0.2) is 85.7 Å². The first-order valence-electron chi connectivity index (χ1n) is 8.70. The summed E-state index contributed by atoms with van der Waals surface area (Å²) >= 11 is 0. The lowest BCUT2D eigenvalue weighted by Crippen LogP contribution is -2.64. The Morgan fingerprint density at radius 1 is 1.09 bits per heavy atom. The molecule has 17 heteroatoms. The van der Waals surface area contributed by atoms with Gasteiger partial charge < -0.3 is 24.2 Å². The first-order valence-corrected chi connectivity index (χ1v) is 10.1. The van der Waals surface area contributed by atoms with Crippen molar-refractivity contribution in [1.29, 1.82) is 0 Å². The lowest BCUT2D eigenvalue weighted by atomic mass is 10.1. The van der Waals surface area contributed by atoms with E-state index in [1.807, 2.05) is 0 Å². The summed E-state index contributed by atoms with van der Waals surface area (Å²) in [5.41, 5.74) is 0. The van der Waals surface area contributed by atoms with E-state index >= 15 is 0 Å². The van der Waals surface area contributed by atoms with Crippen molar-refractivity contribution in [2.45, 2.75) is 36.0 Å². The fraction of sp³-hybridized carbons (Fsp3) is 0.733. The largest absolute Gasteiger partial charge is 0.743 e. The number of ether oxygens (including phenoxy) is 2. The number of hydrogen-bond donors (Lipinski definition) is 1. The summed E-state index contributed by atoms with van der Waals surface area (Å²) in [6, 6.07) is 0. The van der Waals surface area contributed by atoms with Crippen LogP contribution >= 0.6 is 0 Å². The number of esters is 1. The monoisotopic (exact) mass is 503 g/mol. The first kappa shape index (κ1) is 28.1. The molecule has 0 spiro atoms. The van der Waals surface area contributed by atoms with Crippen molar-refractivity contribution in [1.82, 2.24) is 10.2 Å². The third kappa shape index (κ3) is 5.87. The van der Waals surface area contributed by atoms with E-state index in [-0.39, 0.29) is 32.3 Å². The fourth-order valence-corrected chi connectivity index (χ4v) is 2.96. The highest BCUT2D eigenvalue weighted by Gasteiger charge is 2.67. The third-order valence-corrected chi connectivity index (χ3v) is 5.08. The van der Waals surface area contributed by atoms with Crippen molar-refractivity contribution in [3.05, 3.63) is 12.7 Å². The van der Waals surface area contributed by atoms with Crippen LogP contribution in [0.4, 0.5) is 30.7 Å². The van der Waals surface area contributed by atoms with Gasteiger partial charge in [0.2, 0.25) is 0 Å². The van der Waals surface area contributed by atoms with Gasteiger partial charge in [0.1, 0.15) is 0 Å². The topological polar surface area (TPSA) is 125 Å². The molecule has 1 atom stereocenters. The number of piperazine rings is 1. The van der Waals surface area contributed by atoms with Gasteiger partial charge in [0.05, 0.1) is 6.61 Å². The van der Waals surface area contributed by atoms with E-state index in [1.165, 1.54) is 0 Å². The van der Waals surface area contributed by atoms with Gasteiger partial charge in [-0.1, -0.05) is 6.58 Å². The minimum Gasteiger partial charge on any atom is -0.743 e. The maximum absolute atomic E-state index is 13.8. The summed E-state index contributed by atoms with van der Waals surface area (Å²) in [5.74, 6) is -13.4. The molecular formula is C15H18F7N2O7S-. The zero-order chi connectivity index (χ0) is 25.0. The van der Waals surface area contributed by atoms with Crippen LogP contribution in [0.15, 0.2) is 12.7 Å². The average molecular weight is 503 g/mol. The Hall–Kier alpha value is -1.98. The molecule has 0 aliphatic carbocycles. The van der Waals surface area contributed by atoms with Crippen LogP contribution in [0.1, 0.15) is 12.8 Å². The smallest absolute Gasteiger partial charge is 0.466 e. The Bertz CT molecular complexity index is 813. The van der Waals surface area contributed by atoms with Crippen molar-refractivity contribution in [3.63, 3.8) is 0 Å². The van der Waals surface area contributed by atoms with E-state index in [2.05, 4.69) is 21.4 Å². The summed E-state index contributed by atoms with van der Waals surface area (Å²) in [4.78, 5) is 24.6. The first-order chi connectivity index (χ1) is 14.4. The van der Waals surface area contributed by atoms with Crippen molar-refractivity contribution in [2.75, 3.05) is 32.8 Å². The van der Waals surface area contributed by atoms with Gasteiger partial charge in [-0.2, -0.15) is 30.7 Å². The van der Waals surface area contributed by atoms with Crippen LogP contribution in [-0.2, 0) is 29.2 Å². The Morgan fingerprint density at radius 2 is 1.62 bits per heavy atom. The van der Waals surface area contributed by atoms with E-state index in [9.17, 15) is 53.3 Å². The molecule has 1 heterocycles. The molecule has 186 valence electrons. The summed E-state index contributed by atoms with van der Waals surface area (Å²) in [6.07, 6.45) is -8.95. The standard InChI is InChI=1S/C15H19F7N2O7S/c1-2-10(25)31-13(14(18,19)20,11(26)24-7-5-23-6-8-24)30-9-3-4-12(16,17)15(21,22)32(27,28)29/h2,23H,1,3-9H2,(H,27,28,29)/p-1. The molecular weight excluding hydrogens is 485 g/mol. The summed E-state index contributed by atoms with van der Waals surface area (Å²) in [7, 11) is -6.80. The van der Waals surface area contributed by atoms with Crippen LogP contribution in [0.2, 0.25) is 0 Å². The van der Waals surface area contributed by atoms with Crippen molar-refractivity contribution < 1.29 is 62.8 Å². The van der Waals surface area contributed by atoms with Crippen molar-refractivity contribution in [3.8, 4) is 0 Å². The normalized spacial score (nSPS) is 18.1. The molecule has 1 rings (SSSR count). The van der Waals surface area contributed by atoms with Gasteiger partial charge in [-0.3, -0.25) is 4.79 Å². The van der Waals surface area contributed by atoms with Crippen LogP contribution in [0.5, 0.6) is 0 Å². The van der Waals surface area contributed by atoms with E-state index in [0.717, 1.165) is 0 Å². The molecule has 0 aromatic heterocycles. The molecule has 0 aromatic carbocycles. The quantitative estimate of drug-likeness (QED) is 0.117. The molecule has 0 bridgehead atoms. The van der Waals surface area contributed by atoms with Gasteiger partial charge in [-0.15, -0.1) is 0 Å². The average Bonchev–Trinajstić information content (AvgIpc) is 2.68. The number of halogens is 7. The minimum absolute atomic E-state index is 0.0695. The Morgan fingerprint density at radius 3 is 2.06 bits per heavy atom. The molecule has 1 amide bonds. The maximum Gasteiger partial charge on any atom is 0.466 e. The Labute approximate surface area is 177 Å². The SMILES string of the molecule is C=CC(=O)OC(OCCCC(F)(F)C(F)(F)S(=O)(=O)[O-])(C(=O)N1CCNCC1)C(F)(F)F. The van der Waals surface area contributed by atoms with E-state index in [4.69, 9.17) is 0 Å². The molecule has 1 N–H and O–H groups in total. The summed E-state index contributed by atoms with van der Waals surface area (Å²) < 4.78 is 134. The van der Waals surface area contributed by atoms with Crippen LogP contribution < -0.4 is 5.32 Å². The Kier molecular flexibility index (Phi) is 8.66. The zero-order valence-electron chi connectivity index (χ0n) is 16.1. The highest BCUT2D eigenvalue weighted by Crippen LogP contribution is 2.42. The number of nitrogens with one attached hydrogen (secondary N) is 1. The molecule has 1 unspecified atom stereocenters. The van der Waals surface area contributed by atoms with E-state index in [1.54, 1.807) is 0 Å². The highest BCUT2D eigenvalue weighted by atomic mass is 32.2. The number of nitrogens with zero attached hydrogens (tertiary/aromatic N) is 1. The number of amides is 1. The molecule has 0 aromatic rings. The number of rotatable bonds is 10. The van der Waals surface area contributed by atoms with Gasteiger partial charge in [-0.05, 0) is 6.42 Å². The number of carbonyl (C=O) groups excluding carboxylic acids is 2. The number of hydrogen-bond acceptors (Lipinski definition) is 8. The molecule has 32 heavy (non-hydrogen) atoms. The molecule has 1 aliphatic rings. The molecule has 1 saturated heterocycles. The second kappa shape index (κ2) is 9.88. The maximum atomic E-state index is 13.8. The molecule has 0 radical (unpaired) electrons.